The van der Waals surface area contributed by atoms with Crippen molar-refractivity contribution in [3.63, 3.8) is 0 Å². The number of benzene rings is 2. The minimum atomic E-state index is 1.10. The van der Waals surface area contributed by atoms with E-state index in [-0.39, 0.29) is 0 Å². The van der Waals surface area contributed by atoms with Crippen molar-refractivity contribution in [1.29, 1.82) is 0 Å². The van der Waals surface area contributed by atoms with Crippen molar-refractivity contribution in [3.8, 4) is 0 Å². The van der Waals surface area contributed by atoms with Crippen molar-refractivity contribution < 1.29 is 0 Å². The van der Waals surface area contributed by atoms with Gasteiger partial charge in [0.25, 0.3) is 0 Å². The molecule has 14 heavy (non-hydrogen) atoms. The minimum absolute atomic E-state index is 1.10. The Morgan fingerprint density at radius 1 is 0.929 bits per heavy atom. The van der Waals surface area contributed by atoms with E-state index in [0.29, 0.717) is 0 Å². The lowest BCUT2D eigenvalue weighted by molar-refractivity contribution is 1.57. The number of rotatable bonds is 2. The maximum atomic E-state index is 3.22. The first-order chi connectivity index (χ1) is 6.95. The lowest BCUT2D eigenvalue weighted by Gasteiger charge is -1.91. The van der Waals surface area contributed by atoms with Crippen LogP contribution >= 0.6 is 0 Å². The van der Waals surface area contributed by atoms with Gasteiger partial charge in [0.15, 0.2) is 0 Å². The molecule has 0 spiro atoms. The summed E-state index contributed by atoms with van der Waals surface area (Å²) in [5.74, 6) is 0. The first-order valence-electron chi connectivity index (χ1n) is 4.56. The largest absolute Gasteiger partial charge is 0.0622 e. The molecule has 2 rings (SSSR count). The average Bonchev–Trinajstić information content (AvgIpc) is 2.29. The third kappa shape index (κ3) is 2.33. The van der Waals surface area contributed by atoms with Gasteiger partial charge in [0.1, 0.15) is 0 Å². The summed E-state index contributed by atoms with van der Waals surface area (Å²) < 4.78 is 0. The van der Waals surface area contributed by atoms with Crippen LogP contribution in [0.4, 0.5) is 0 Å². The summed E-state index contributed by atoms with van der Waals surface area (Å²) in [7, 11) is 0. The highest BCUT2D eigenvalue weighted by atomic mass is 13.9. The van der Waals surface area contributed by atoms with Crippen molar-refractivity contribution >= 4 is 6.08 Å². The van der Waals surface area contributed by atoms with Crippen molar-refractivity contribution in [2.45, 2.75) is 0 Å². The van der Waals surface area contributed by atoms with E-state index in [4.69, 9.17) is 0 Å². The molecule has 0 amide bonds. The Bertz CT molecular complexity index is 357. The Hall–Kier alpha value is -1.82. The molecule has 0 heteroatoms. The van der Waals surface area contributed by atoms with E-state index >= 15 is 0 Å². The highest BCUT2D eigenvalue weighted by molar-refractivity contribution is 5.50. The zero-order valence-corrected chi connectivity index (χ0v) is 7.77. The van der Waals surface area contributed by atoms with Crippen molar-refractivity contribution in [1.82, 2.24) is 0 Å². The van der Waals surface area contributed by atoms with Crippen LogP contribution in [0.15, 0.2) is 54.6 Å². The fraction of sp³-hybridized carbons (Fsp3) is 0. The molecule has 66 valence electrons. The van der Waals surface area contributed by atoms with Crippen LogP contribution in [0.5, 0.6) is 0 Å². The van der Waals surface area contributed by atoms with Crippen LogP contribution in [-0.4, -0.2) is 0 Å². The number of hydrogen-bond donors (Lipinski definition) is 0. The first kappa shape index (κ1) is 8.76. The molecule has 0 atom stereocenters. The molecule has 0 aliphatic heterocycles. The van der Waals surface area contributed by atoms with Gasteiger partial charge in [-0.05, 0) is 29.3 Å². The predicted octanol–water partition coefficient (Wildman–Crippen LogP) is 3.35. The summed E-state index contributed by atoms with van der Waals surface area (Å²) in [4.78, 5) is 0. The van der Waals surface area contributed by atoms with E-state index in [2.05, 4.69) is 12.1 Å². The van der Waals surface area contributed by atoms with Gasteiger partial charge in [-0.25, -0.2) is 0 Å². The molecule has 2 aromatic carbocycles. The zero-order valence-electron chi connectivity index (χ0n) is 7.77. The Morgan fingerprint density at radius 2 is 1.64 bits per heavy atom. The van der Waals surface area contributed by atoms with Crippen LogP contribution < -0.4 is 0 Å². The van der Waals surface area contributed by atoms with Gasteiger partial charge < -0.3 is 0 Å². The molecule has 0 aromatic heterocycles. The van der Waals surface area contributed by atoms with Crippen LogP contribution in [0.3, 0.4) is 0 Å². The van der Waals surface area contributed by atoms with Crippen molar-refractivity contribution in [3.05, 3.63) is 77.9 Å². The van der Waals surface area contributed by atoms with Gasteiger partial charge in [0, 0.05) is 0 Å². The maximum absolute atomic E-state index is 3.22. The fourth-order valence-corrected chi connectivity index (χ4v) is 1.20. The van der Waals surface area contributed by atoms with E-state index in [0.717, 1.165) is 11.1 Å². The fourth-order valence-electron chi connectivity index (χ4n) is 1.20. The van der Waals surface area contributed by atoms with Crippen LogP contribution in [0.25, 0.3) is 6.08 Å². The molecular formula is C14H10. The summed E-state index contributed by atoms with van der Waals surface area (Å²) in [6.45, 7) is 0. The maximum Gasteiger partial charge on any atom is -0.00992 e. The summed E-state index contributed by atoms with van der Waals surface area (Å²) in [6, 6.07) is 20.9. The van der Waals surface area contributed by atoms with Crippen molar-refractivity contribution in [2.75, 3.05) is 0 Å². The predicted molar refractivity (Wildman–Crippen MR) is 58.5 cm³/mol. The van der Waals surface area contributed by atoms with Crippen LogP contribution in [-0.2, 0) is 0 Å². The second-order valence-electron chi connectivity index (χ2n) is 2.99. The van der Waals surface area contributed by atoms with E-state index in [1.807, 2.05) is 60.7 Å². The molecular weight excluding hydrogens is 168 g/mol. The molecule has 0 saturated carbocycles. The van der Waals surface area contributed by atoms with Gasteiger partial charge in [0.05, 0.1) is 0 Å². The monoisotopic (exact) mass is 178 g/mol. The Morgan fingerprint density at radius 3 is 2.36 bits per heavy atom. The van der Waals surface area contributed by atoms with Crippen LogP contribution in [0, 0.1) is 12.1 Å². The highest BCUT2D eigenvalue weighted by Gasteiger charge is 1.85. The molecule has 0 saturated heterocycles. The molecule has 0 fully saturated rings. The molecule has 0 aliphatic rings. The Labute approximate surface area is 84.5 Å². The van der Waals surface area contributed by atoms with E-state index in [1.165, 1.54) is 0 Å². The standard InChI is InChI=1S/C14H10/c1-3-7-13(8-4-1)11-12-14-9-5-2-6-10-14/h1,3-10,12H. The first-order valence-corrected chi connectivity index (χ1v) is 4.56. The van der Waals surface area contributed by atoms with Gasteiger partial charge in [-0.1, -0.05) is 54.6 Å². The summed E-state index contributed by atoms with van der Waals surface area (Å²) in [5.41, 5.74) is 2.24. The quantitative estimate of drug-likeness (QED) is 0.618. The normalized spacial score (nSPS) is 10.6. The van der Waals surface area contributed by atoms with Crippen molar-refractivity contribution in [2.24, 2.45) is 0 Å². The van der Waals surface area contributed by atoms with E-state index in [1.54, 1.807) is 0 Å². The summed E-state index contributed by atoms with van der Waals surface area (Å²) >= 11 is 0. The summed E-state index contributed by atoms with van der Waals surface area (Å²) in [5, 5.41) is 0. The molecule has 0 unspecified atom stereocenters. The lowest BCUT2D eigenvalue weighted by atomic mass is 10.1. The second kappa shape index (κ2) is 4.43. The smallest absolute Gasteiger partial charge is 0.00992 e. The topological polar surface area (TPSA) is 0 Å². The number of hydrogen-bond acceptors (Lipinski definition) is 0. The van der Waals surface area contributed by atoms with Gasteiger partial charge in [-0.15, -0.1) is 0 Å². The average molecular weight is 178 g/mol. The molecule has 0 heterocycles. The third-order valence-corrected chi connectivity index (χ3v) is 1.92. The highest BCUT2D eigenvalue weighted by Crippen LogP contribution is 2.04. The molecule has 0 N–H and O–H groups in total. The molecule has 0 bridgehead atoms. The van der Waals surface area contributed by atoms with Crippen LogP contribution in [0.2, 0.25) is 0 Å². The Balaban J connectivity index is 2.16. The molecule has 2 radical (unpaired) electrons. The van der Waals surface area contributed by atoms with Gasteiger partial charge in [-0.2, -0.15) is 0 Å². The molecule has 0 aliphatic carbocycles. The van der Waals surface area contributed by atoms with Gasteiger partial charge in [0.2, 0.25) is 0 Å². The van der Waals surface area contributed by atoms with Crippen LogP contribution in [0.1, 0.15) is 11.1 Å². The van der Waals surface area contributed by atoms with Gasteiger partial charge in [-0.3, -0.25) is 0 Å². The van der Waals surface area contributed by atoms with E-state index < -0.39 is 0 Å². The minimum Gasteiger partial charge on any atom is -0.0622 e. The molecule has 2 aromatic rings. The molecule has 0 nitrogen and oxygen atoms in total. The Kier molecular flexibility index (Phi) is 2.77. The SMILES string of the molecule is [C](=Cc1cc[c]cc1)c1ccccc1. The third-order valence-electron chi connectivity index (χ3n) is 1.92. The second-order valence-corrected chi connectivity index (χ2v) is 2.99. The summed E-state index contributed by atoms with van der Waals surface area (Å²) in [6.07, 6.45) is 5.20. The van der Waals surface area contributed by atoms with E-state index in [9.17, 15) is 0 Å². The van der Waals surface area contributed by atoms with Gasteiger partial charge >= 0.3 is 0 Å². The zero-order chi connectivity index (χ0) is 9.64. The lowest BCUT2D eigenvalue weighted by Crippen LogP contribution is -1.72.